The van der Waals surface area contributed by atoms with E-state index >= 15 is 0 Å². The number of aliphatic hydroxyl groups is 1. The van der Waals surface area contributed by atoms with Gasteiger partial charge in [0, 0.05) is 16.8 Å². The molecule has 0 atom stereocenters. The number of aliphatic hydroxyl groups excluding tert-OH is 1. The fourth-order valence-corrected chi connectivity index (χ4v) is 2.05. The van der Waals surface area contributed by atoms with Crippen molar-refractivity contribution >= 4 is 11.4 Å². The normalized spacial score (nSPS) is 11.4. The Morgan fingerprint density at radius 2 is 1.17 bits per heavy atom. The minimum Gasteiger partial charge on any atom is -0.399 e. The van der Waals surface area contributed by atoms with Crippen LogP contribution in [0.2, 0.25) is 0 Å². The highest BCUT2D eigenvalue weighted by molar-refractivity contribution is 5.48. The van der Waals surface area contributed by atoms with Crippen LogP contribution in [0, 0.1) is 0 Å². The smallest absolute Gasteiger partial charge is 0.0566 e. The van der Waals surface area contributed by atoms with E-state index < -0.39 is 5.41 Å². The number of hydrogen-bond donors (Lipinski definition) is 3. The second-order valence-corrected chi connectivity index (χ2v) is 4.73. The first-order chi connectivity index (χ1) is 8.56. The first-order valence-electron chi connectivity index (χ1n) is 5.89. The van der Waals surface area contributed by atoms with E-state index in [9.17, 15) is 5.11 Å². The number of anilines is 2. The molecule has 0 unspecified atom stereocenters. The first kappa shape index (κ1) is 12.5. The summed E-state index contributed by atoms with van der Waals surface area (Å²) in [5, 5.41) is 9.77. The van der Waals surface area contributed by atoms with Crippen molar-refractivity contribution in [3.63, 3.8) is 0 Å². The van der Waals surface area contributed by atoms with E-state index in [0.29, 0.717) is 0 Å². The Hall–Kier alpha value is -2.00. The molecule has 0 aliphatic rings. The van der Waals surface area contributed by atoms with Gasteiger partial charge >= 0.3 is 0 Å². The Labute approximate surface area is 107 Å². The summed E-state index contributed by atoms with van der Waals surface area (Å²) in [5.41, 5.74) is 14.4. The maximum Gasteiger partial charge on any atom is 0.0566 e. The topological polar surface area (TPSA) is 72.3 Å². The van der Waals surface area contributed by atoms with E-state index in [1.165, 1.54) is 0 Å². The zero-order valence-corrected chi connectivity index (χ0v) is 10.4. The van der Waals surface area contributed by atoms with Crippen LogP contribution in [0.1, 0.15) is 18.1 Å². The van der Waals surface area contributed by atoms with Gasteiger partial charge in [0.2, 0.25) is 0 Å². The van der Waals surface area contributed by atoms with E-state index in [-0.39, 0.29) is 6.61 Å². The molecule has 2 rings (SSSR count). The molecular formula is C15H18N2O. The Morgan fingerprint density at radius 3 is 1.44 bits per heavy atom. The van der Waals surface area contributed by atoms with Gasteiger partial charge in [-0.15, -0.1) is 0 Å². The van der Waals surface area contributed by atoms with Crippen LogP contribution in [0.25, 0.3) is 0 Å². The molecule has 0 aliphatic carbocycles. The van der Waals surface area contributed by atoms with E-state index in [4.69, 9.17) is 11.5 Å². The number of rotatable bonds is 3. The number of nitrogen functional groups attached to an aromatic ring is 2. The molecule has 0 saturated carbocycles. The highest BCUT2D eigenvalue weighted by Gasteiger charge is 2.27. The SMILES string of the molecule is CC(CO)(c1ccc(N)cc1)c1ccc(N)cc1. The average Bonchev–Trinajstić information content (AvgIpc) is 2.39. The van der Waals surface area contributed by atoms with Gasteiger partial charge in [0.15, 0.2) is 0 Å². The minimum atomic E-state index is -0.443. The standard InChI is InChI=1S/C15H18N2O/c1-15(10-18,11-2-6-13(16)7-3-11)12-4-8-14(17)9-5-12/h2-9,18H,10,16-17H2,1H3. The fraction of sp³-hybridized carbons (Fsp3) is 0.200. The Bertz CT molecular complexity index is 472. The van der Waals surface area contributed by atoms with Gasteiger partial charge < -0.3 is 16.6 Å². The lowest BCUT2D eigenvalue weighted by Crippen LogP contribution is -2.28. The third-order valence-electron chi connectivity index (χ3n) is 3.41. The van der Waals surface area contributed by atoms with E-state index in [1.807, 2.05) is 55.5 Å². The molecular weight excluding hydrogens is 224 g/mol. The quantitative estimate of drug-likeness (QED) is 0.722. The molecule has 0 spiro atoms. The summed E-state index contributed by atoms with van der Waals surface area (Å²) in [6.07, 6.45) is 0. The van der Waals surface area contributed by atoms with Crippen molar-refractivity contribution in [2.24, 2.45) is 0 Å². The molecule has 0 fully saturated rings. The van der Waals surface area contributed by atoms with E-state index in [1.54, 1.807) is 0 Å². The van der Waals surface area contributed by atoms with Crippen LogP contribution in [-0.4, -0.2) is 11.7 Å². The third kappa shape index (κ3) is 2.17. The van der Waals surface area contributed by atoms with Crippen LogP contribution in [0.4, 0.5) is 11.4 Å². The maximum atomic E-state index is 9.77. The van der Waals surface area contributed by atoms with Crippen molar-refractivity contribution in [1.29, 1.82) is 0 Å². The Morgan fingerprint density at radius 1 is 0.833 bits per heavy atom. The van der Waals surface area contributed by atoms with Crippen LogP contribution in [-0.2, 0) is 5.41 Å². The van der Waals surface area contributed by atoms with Crippen LogP contribution in [0.3, 0.4) is 0 Å². The second kappa shape index (κ2) is 4.70. The van der Waals surface area contributed by atoms with Crippen molar-refractivity contribution < 1.29 is 5.11 Å². The predicted molar refractivity (Wildman–Crippen MR) is 75.2 cm³/mol. The van der Waals surface area contributed by atoms with Gasteiger partial charge in [-0.05, 0) is 42.3 Å². The highest BCUT2D eigenvalue weighted by Crippen LogP contribution is 2.32. The molecule has 2 aromatic carbocycles. The third-order valence-corrected chi connectivity index (χ3v) is 3.41. The number of hydrogen-bond acceptors (Lipinski definition) is 3. The fourth-order valence-electron chi connectivity index (χ4n) is 2.05. The van der Waals surface area contributed by atoms with Crippen LogP contribution in [0.15, 0.2) is 48.5 Å². The number of benzene rings is 2. The van der Waals surface area contributed by atoms with Gasteiger partial charge in [-0.25, -0.2) is 0 Å². The zero-order valence-electron chi connectivity index (χ0n) is 10.4. The molecule has 18 heavy (non-hydrogen) atoms. The molecule has 3 heteroatoms. The Kier molecular flexibility index (Phi) is 3.26. The van der Waals surface area contributed by atoms with E-state index in [0.717, 1.165) is 22.5 Å². The average molecular weight is 242 g/mol. The molecule has 3 nitrogen and oxygen atoms in total. The maximum absolute atomic E-state index is 9.77. The van der Waals surface area contributed by atoms with Crippen molar-refractivity contribution in [3.05, 3.63) is 59.7 Å². The van der Waals surface area contributed by atoms with Crippen molar-refractivity contribution in [2.45, 2.75) is 12.3 Å². The van der Waals surface area contributed by atoms with Crippen molar-refractivity contribution in [1.82, 2.24) is 0 Å². The van der Waals surface area contributed by atoms with Gasteiger partial charge in [-0.1, -0.05) is 24.3 Å². The lowest BCUT2D eigenvalue weighted by Gasteiger charge is -2.29. The number of nitrogens with two attached hydrogens (primary N) is 2. The molecule has 94 valence electrons. The summed E-state index contributed by atoms with van der Waals surface area (Å²) in [7, 11) is 0. The summed E-state index contributed by atoms with van der Waals surface area (Å²) >= 11 is 0. The molecule has 0 saturated heterocycles. The van der Waals surface area contributed by atoms with Gasteiger partial charge in [0.25, 0.3) is 0 Å². The van der Waals surface area contributed by atoms with Crippen molar-refractivity contribution in [3.8, 4) is 0 Å². The monoisotopic (exact) mass is 242 g/mol. The lowest BCUT2D eigenvalue weighted by atomic mass is 9.77. The highest BCUT2D eigenvalue weighted by atomic mass is 16.3. The summed E-state index contributed by atoms with van der Waals surface area (Å²) in [5.74, 6) is 0. The van der Waals surface area contributed by atoms with E-state index in [2.05, 4.69) is 0 Å². The van der Waals surface area contributed by atoms with Crippen LogP contribution < -0.4 is 11.5 Å². The molecule has 0 aromatic heterocycles. The molecule has 0 bridgehead atoms. The second-order valence-electron chi connectivity index (χ2n) is 4.73. The summed E-state index contributed by atoms with van der Waals surface area (Å²) < 4.78 is 0. The molecule has 0 radical (unpaired) electrons. The van der Waals surface area contributed by atoms with Crippen LogP contribution in [0.5, 0.6) is 0 Å². The molecule has 2 aromatic rings. The molecule has 0 heterocycles. The first-order valence-corrected chi connectivity index (χ1v) is 5.89. The van der Waals surface area contributed by atoms with Gasteiger partial charge in [-0.2, -0.15) is 0 Å². The molecule has 0 amide bonds. The Balaban J connectivity index is 2.47. The van der Waals surface area contributed by atoms with Gasteiger partial charge in [0.05, 0.1) is 6.61 Å². The summed E-state index contributed by atoms with van der Waals surface area (Å²) in [6.45, 7) is 2.03. The summed E-state index contributed by atoms with van der Waals surface area (Å²) in [4.78, 5) is 0. The zero-order chi connectivity index (χ0) is 13.2. The largest absolute Gasteiger partial charge is 0.399 e. The van der Waals surface area contributed by atoms with Gasteiger partial charge in [-0.3, -0.25) is 0 Å². The predicted octanol–water partition coefficient (Wildman–Crippen LogP) is 2.15. The minimum absolute atomic E-state index is 0.0286. The molecule has 5 N–H and O–H groups in total. The lowest BCUT2D eigenvalue weighted by molar-refractivity contribution is 0.231. The summed E-state index contributed by atoms with van der Waals surface area (Å²) in [6, 6.07) is 15.2. The molecule has 0 aliphatic heterocycles. The van der Waals surface area contributed by atoms with Gasteiger partial charge in [0.1, 0.15) is 0 Å². The van der Waals surface area contributed by atoms with Crippen molar-refractivity contribution in [2.75, 3.05) is 18.1 Å². The van der Waals surface area contributed by atoms with Crippen LogP contribution >= 0.6 is 0 Å².